The molecule has 0 radical (unpaired) electrons. The summed E-state index contributed by atoms with van der Waals surface area (Å²) in [6, 6.07) is 12.4. The molecule has 0 unspecified atom stereocenters. The van der Waals surface area contributed by atoms with Gasteiger partial charge in [0, 0.05) is 19.1 Å². The average molecular weight is 507 g/mol. The summed E-state index contributed by atoms with van der Waals surface area (Å²) >= 11 is 0. The molecule has 2 heterocycles. The van der Waals surface area contributed by atoms with Gasteiger partial charge in [0.05, 0.1) is 21.9 Å². The Morgan fingerprint density at radius 2 is 1.59 bits per heavy atom. The van der Waals surface area contributed by atoms with Crippen molar-refractivity contribution < 1.29 is 30.9 Å². The molecule has 3 aliphatic rings. The van der Waals surface area contributed by atoms with Crippen LogP contribution in [-0.4, -0.2) is 74.4 Å². The smallest absolute Gasteiger partial charge is 0.294 e. The molecule has 2 saturated heterocycles. The fraction of sp³-hybridized carbons (Fsp3) is 0.435. The Morgan fingerprint density at radius 1 is 0.912 bits per heavy atom. The van der Waals surface area contributed by atoms with E-state index in [2.05, 4.69) is 0 Å². The molecule has 3 fully saturated rings. The Balaban J connectivity index is 1.29. The Bertz CT molecular complexity index is 1310. The number of amides is 1. The van der Waals surface area contributed by atoms with Crippen LogP contribution in [-0.2, 0) is 29.7 Å². The molecule has 1 aliphatic carbocycles. The van der Waals surface area contributed by atoms with E-state index >= 15 is 0 Å². The van der Waals surface area contributed by atoms with E-state index in [1.807, 2.05) is 4.90 Å². The van der Waals surface area contributed by atoms with Gasteiger partial charge in [-0.25, -0.2) is 8.42 Å². The van der Waals surface area contributed by atoms with Gasteiger partial charge in [0.15, 0.2) is 0 Å². The number of hydrogen-bond donors (Lipinski definition) is 1. The van der Waals surface area contributed by atoms with Crippen molar-refractivity contribution in [1.29, 1.82) is 0 Å². The second-order valence-electron chi connectivity index (χ2n) is 9.16. The van der Waals surface area contributed by atoms with Gasteiger partial charge in [-0.3, -0.25) is 9.35 Å². The van der Waals surface area contributed by atoms with Crippen LogP contribution in [0.4, 0.5) is 0 Å². The molecule has 2 aliphatic heterocycles. The SMILES string of the molecule is O=C1COC2(CCN(S(=O)(=O)c3ccc(-c4cccc(S(=O)(=O)O)c4)cc3)CC2)CN1C1CC1. The molecule has 9 nitrogen and oxygen atoms in total. The molecule has 0 aromatic heterocycles. The normalized spacial score (nSPS) is 21.7. The van der Waals surface area contributed by atoms with Gasteiger partial charge in [0.1, 0.15) is 6.61 Å². The first-order chi connectivity index (χ1) is 16.1. The molecule has 182 valence electrons. The van der Waals surface area contributed by atoms with Crippen LogP contribution in [0.5, 0.6) is 0 Å². The number of nitrogens with zero attached hydrogens (tertiary/aromatic N) is 2. The summed E-state index contributed by atoms with van der Waals surface area (Å²) in [5.74, 6) is 0.0189. The van der Waals surface area contributed by atoms with E-state index in [-0.39, 0.29) is 22.3 Å². The molecule has 0 atom stereocenters. The van der Waals surface area contributed by atoms with E-state index in [0.717, 1.165) is 12.8 Å². The van der Waals surface area contributed by atoms with Crippen LogP contribution in [0.1, 0.15) is 25.7 Å². The molecule has 1 spiro atoms. The number of ether oxygens (including phenoxy) is 1. The number of rotatable bonds is 5. The van der Waals surface area contributed by atoms with Gasteiger partial charge in [-0.2, -0.15) is 12.7 Å². The van der Waals surface area contributed by atoms with Crippen LogP contribution < -0.4 is 0 Å². The first kappa shape index (κ1) is 23.4. The van der Waals surface area contributed by atoms with Crippen molar-refractivity contribution >= 4 is 26.0 Å². The summed E-state index contributed by atoms with van der Waals surface area (Å²) in [6.45, 7) is 1.21. The van der Waals surface area contributed by atoms with Crippen molar-refractivity contribution in [2.75, 3.05) is 26.2 Å². The third kappa shape index (κ3) is 4.50. The highest BCUT2D eigenvalue weighted by atomic mass is 32.2. The highest BCUT2D eigenvalue weighted by molar-refractivity contribution is 7.89. The van der Waals surface area contributed by atoms with Crippen molar-refractivity contribution in [2.24, 2.45) is 0 Å². The maximum atomic E-state index is 13.2. The number of morpholine rings is 1. The Kier molecular flexibility index (Phi) is 5.80. The number of hydrogen-bond acceptors (Lipinski definition) is 6. The quantitative estimate of drug-likeness (QED) is 0.617. The number of piperidine rings is 1. The van der Waals surface area contributed by atoms with Crippen molar-refractivity contribution in [3.63, 3.8) is 0 Å². The van der Waals surface area contributed by atoms with Crippen molar-refractivity contribution in [3.8, 4) is 11.1 Å². The largest absolute Gasteiger partial charge is 0.363 e. The molecule has 1 amide bonds. The number of sulfonamides is 1. The van der Waals surface area contributed by atoms with E-state index in [0.29, 0.717) is 49.6 Å². The average Bonchev–Trinajstić information content (AvgIpc) is 3.66. The molecular weight excluding hydrogens is 480 g/mol. The van der Waals surface area contributed by atoms with Crippen LogP contribution in [0.15, 0.2) is 58.3 Å². The van der Waals surface area contributed by atoms with Gasteiger partial charge in [-0.05, 0) is 61.1 Å². The molecule has 34 heavy (non-hydrogen) atoms. The number of carbonyl (C=O) groups excluding carboxylic acids is 1. The minimum absolute atomic E-state index is 0.0189. The van der Waals surface area contributed by atoms with E-state index in [9.17, 15) is 26.2 Å². The third-order valence-corrected chi connectivity index (χ3v) is 9.62. The summed E-state index contributed by atoms with van der Waals surface area (Å²) in [7, 11) is -8.05. The second-order valence-corrected chi connectivity index (χ2v) is 12.5. The van der Waals surface area contributed by atoms with Gasteiger partial charge in [0.25, 0.3) is 10.1 Å². The summed E-state index contributed by atoms with van der Waals surface area (Å²) in [4.78, 5) is 14.0. The zero-order chi connectivity index (χ0) is 24.1. The predicted octanol–water partition coefficient (Wildman–Crippen LogP) is 2.14. The molecule has 1 N–H and O–H groups in total. The van der Waals surface area contributed by atoms with Crippen molar-refractivity contribution in [3.05, 3.63) is 48.5 Å². The van der Waals surface area contributed by atoms with Gasteiger partial charge in [0.2, 0.25) is 15.9 Å². The molecular formula is C23H26N2O7S2. The number of benzene rings is 2. The first-order valence-electron chi connectivity index (χ1n) is 11.2. The lowest BCUT2D eigenvalue weighted by Crippen LogP contribution is -2.59. The Morgan fingerprint density at radius 3 is 2.21 bits per heavy atom. The monoisotopic (exact) mass is 506 g/mol. The zero-order valence-corrected chi connectivity index (χ0v) is 20.1. The van der Waals surface area contributed by atoms with Crippen molar-refractivity contribution in [1.82, 2.24) is 9.21 Å². The minimum atomic E-state index is -4.33. The summed E-state index contributed by atoms with van der Waals surface area (Å²) in [5, 5.41) is 0. The van der Waals surface area contributed by atoms with Crippen LogP contribution in [0.3, 0.4) is 0 Å². The molecule has 11 heteroatoms. The van der Waals surface area contributed by atoms with Crippen LogP contribution in [0, 0.1) is 0 Å². The second kappa shape index (κ2) is 8.42. The molecule has 1 saturated carbocycles. The molecule has 2 aromatic carbocycles. The Labute approximate surface area is 199 Å². The fourth-order valence-corrected chi connectivity index (χ4v) is 6.67. The molecule has 2 aromatic rings. The zero-order valence-electron chi connectivity index (χ0n) is 18.5. The highest BCUT2D eigenvalue weighted by Crippen LogP contribution is 2.37. The Hall–Kier alpha value is -2.31. The van der Waals surface area contributed by atoms with Gasteiger partial charge in [-0.15, -0.1) is 0 Å². The van der Waals surface area contributed by atoms with E-state index in [1.54, 1.807) is 18.2 Å². The standard InChI is InChI=1S/C23H26N2O7S2/c26-22-15-32-23(16-25(22)19-6-7-19)10-12-24(13-11-23)33(27,28)20-8-4-17(5-9-20)18-2-1-3-21(14-18)34(29,30)31/h1-5,8-9,14,19H,6-7,10-13,15-16H2,(H,29,30,31). The maximum Gasteiger partial charge on any atom is 0.294 e. The third-order valence-electron chi connectivity index (χ3n) is 6.86. The van der Waals surface area contributed by atoms with Crippen LogP contribution in [0.25, 0.3) is 11.1 Å². The maximum absolute atomic E-state index is 13.2. The van der Waals surface area contributed by atoms with Gasteiger partial charge in [-0.1, -0.05) is 24.3 Å². The molecule has 5 rings (SSSR count). The van der Waals surface area contributed by atoms with Crippen LogP contribution in [0.2, 0.25) is 0 Å². The molecule has 0 bridgehead atoms. The lowest BCUT2D eigenvalue weighted by molar-refractivity contribution is -0.170. The highest BCUT2D eigenvalue weighted by Gasteiger charge is 2.47. The van der Waals surface area contributed by atoms with E-state index in [4.69, 9.17) is 4.74 Å². The summed E-state index contributed by atoms with van der Waals surface area (Å²) < 4.78 is 65.9. The minimum Gasteiger partial charge on any atom is -0.363 e. The topological polar surface area (TPSA) is 121 Å². The van der Waals surface area contributed by atoms with E-state index < -0.39 is 25.7 Å². The predicted molar refractivity (Wildman–Crippen MR) is 123 cm³/mol. The van der Waals surface area contributed by atoms with Crippen LogP contribution >= 0.6 is 0 Å². The summed E-state index contributed by atoms with van der Waals surface area (Å²) in [6.07, 6.45) is 3.11. The lowest BCUT2D eigenvalue weighted by Gasteiger charge is -2.46. The van der Waals surface area contributed by atoms with E-state index in [1.165, 1.54) is 34.6 Å². The van der Waals surface area contributed by atoms with Crippen molar-refractivity contribution in [2.45, 2.75) is 47.1 Å². The first-order valence-corrected chi connectivity index (χ1v) is 14.1. The van der Waals surface area contributed by atoms with Gasteiger partial charge < -0.3 is 9.64 Å². The number of carbonyl (C=O) groups is 1. The summed E-state index contributed by atoms with van der Waals surface area (Å²) in [5.41, 5.74) is 0.690. The van der Waals surface area contributed by atoms with Gasteiger partial charge >= 0.3 is 0 Å². The lowest BCUT2D eigenvalue weighted by atomic mass is 9.90. The fourth-order valence-electron chi connectivity index (χ4n) is 4.70.